The van der Waals surface area contributed by atoms with Gasteiger partial charge in [-0.25, -0.2) is 9.59 Å². The average Bonchev–Trinajstić information content (AvgIpc) is 2.49. The first-order chi connectivity index (χ1) is 11.7. The van der Waals surface area contributed by atoms with E-state index in [0.29, 0.717) is 12.2 Å². The van der Waals surface area contributed by atoms with Crippen molar-refractivity contribution in [1.29, 1.82) is 0 Å². The number of ether oxygens (including phenoxy) is 1. The molecule has 7 heteroatoms. The van der Waals surface area contributed by atoms with Gasteiger partial charge in [0.05, 0.1) is 0 Å². The maximum Gasteiger partial charge on any atom is 0.408 e. The highest BCUT2D eigenvalue weighted by molar-refractivity contribution is 8.02. The van der Waals surface area contributed by atoms with E-state index < -0.39 is 23.7 Å². The van der Waals surface area contributed by atoms with E-state index in [2.05, 4.69) is 36.5 Å². The van der Waals surface area contributed by atoms with Gasteiger partial charge in [-0.2, -0.15) is 11.8 Å². The molecule has 0 fully saturated rings. The van der Waals surface area contributed by atoms with Crippen LogP contribution >= 0.6 is 23.5 Å². The lowest BCUT2D eigenvalue weighted by atomic mass is 10.2. The normalized spacial score (nSPS) is 12.5. The van der Waals surface area contributed by atoms with Crippen molar-refractivity contribution in [2.75, 3.05) is 17.3 Å². The Bertz CT molecular complexity index is 555. The molecule has 0 aliphatic carbocycles. The summed E-state index contributed by atoms with van der Waals surface area (Å²) in [6, 6.07) is 7.48. The number of carboxylic acids is 1. The lowest BCUT2D eigenvalue weighted by Gasteiger charge is -2.21. The maximum atomic E-state index is 11.7. The van der Waals surface area contributed by atoms with Gasteiger partial charge in [-0.15, -0.1) is 11.8 Å². The molecule has 0 aliphatic heterocycles. The molecular formula is C18H27NO4S2. The largest absolute Gasteiger partial charge is 0.480 e. The van der Waals surface area contributed by atoms with Gasteiger partial charge < -0.3 is 15.2 Å². The Morgan fingerprint density at radius 1 is 1.16 bits per heavy atom. The number of thioether (sulfide) groups is 2. The number of carbonyl (C=O) groups is 2. The zero-order valence-electron chi connectivity index (χ0n) is 15.2. The van der Waals surface area contributed by atoms with Crippen LogP contribution in [0.2, 0.25) is 0 Å². The molecule has 140 valence electrons. The summed E-state index contributed by atoms with van der Waals surface area (Å²) in [6.45, 7) is 7.28. The lowest BCUT2D eigenvalue weighted by molar-refractivity contribution is -0.139. The summed E-state index contributed by atoms with van der Waals surface area (Å²) in [6.07, 6.45) is -0.325. The summed E-state index contributed by atoms with van der Waals surface area (Å²) < 4.78 is 5.10. The van der Waals surface area contributed by atoms with Gasteiger partial charge in [0.2, 0.25) is 0 Å². The second-order valence-electron chi connectivity index (χ2n) is 6.60. The topological polar surface area (TPSA) is 75.6 Å². The quantitative estimate of drug-likeness (QED) is 0.490. The molecule has 0 aromatic heterocycles. The first-order valence-corrected chi connectivity index (χ1v) is 10.3. The Morgan fingerprint density at radius 2 is 1.80 bits per heavy atom. The molecule has 1 unspecified atom stereocenters. The highest BCUT2D eigenvalue weighted by atomic mass is 32.2. The smallest absolute Gasteiger partial charge is 0.408 e. The van der Waals surface area contributed by atoms with Gasteiger partial charge in [-0.3, -0.25) is 0 Å². The van der Waals surface area contributed by atoms with E-state index in [1.165, 1.54) is 10.5 Å². The molecule has 0 aliphatic rings. The van der Waals surface area contributed by atoms with Gasteiger partial charge in [0.25, 0.3) is 0 Å². The average molecular weight is 386 g/mol. The monoisotopic (exact) mass is 385 g/mol. The number of hydrogen-bond acceptors (Lipinski definition) is 5. The molecule has 0 heterocycles. The van der Waals surface area contributed by atoms with Crippen LogP contribution in [-0.4, -0.2) is 46.1 Å². The van der Waals surface area contributed by atoms with E-state index in [0.717, 1.165) is 11.5 Å². The summed E-state index contributed by atoms with van der Waals surface area (Å²) in [5.41, 5.74) is 0.602. The molecule has 1 atom stereocenters. The first-order valence-electron chi connectivity index (χ1n) is 8.17. The molecule has 0 bridgehead atoms. The fourth-order valence-electron chi connectivity index (χ4n) is 1.86. The molecule has 0 radical (unpaired) electrons. The van der Waals surface area contributed by atoms with Crippen LogP contribution in [-0.2, 0) is 9.53 Å². The maximum absolute atomic E-state index is 11.7. The van der Waals surface area contributed by atoms with Gasteiger partial charge in [0, 0.05) is 16.4 Å². The Labute approximate surface area is 158 Å². The summed E-state index contributed by atoms with van der Waals surface area (Å²) in [4.78, 5) is 24.2. The number of hydrogen-bond donors (Lipinski definition) is 2. The molecule has 1 aromatic rings. The molecule has 0 spiro atoms. The van der Waals surface area contributed by atoms with Crippen LogP contribution in [0.4, 0.5) is 4.79 Å². The third-order valence-corrected chi connectivity index (χ3v) is 5.35. The highest BCUT2D eigenvalue weighted by Crippen LogP contribution is 2.20. The van der Waals surface area contributed by atoms with Crippen molar-refractivity contribution in [2.24, 2.45) is 0 Å². The van der Waals surface area contributed by atoms with E-state index in [1.54, 1.807) is 44.3 Å². The molecule has 5 nitrogen and oxygen atoms in total. The van der Waals surface area contributed by atoms with Crippen molar-refractivity contribution < 1.29 is 19.4 Å². The van der Waals surface area contributed by atoms with Gasteiger partial charge in [-0.1, -0.05) is 17.7 Å². The summed E-state index contributed by atoms with van der Waals surface area (Å²) in [7, 11) is 0. The number of aryl methyl sites for hydroxylation is 1. The predicted octanol–water partition coefficient (Wildman–Crippen LogP) is 4.19. The second kappa shape index (κ2) is 10.6. The highest BCUT2D eigenvalue weighted by Gasteiger charge is 2.23. The van der Waals surface area contributed by atoms with Crippen LogP contribution in [0.15, 0.2) is 29.2 Å². The Balaban J connectivity index is 2.23. The fourth-order valence-corrected chi connectivity index (χ4v) is 3.84. The number of aliphatic carboxylic acids is 1. The zero-order valence-corrected chi connectivity index (χ0v) is 16.8. The molecule has 2 N–H and O–H groups in total. The minimum atomic E-state index is -1.04. The van der Waals surface area contributed by atoms with Crippen molar-refractivity contribution >= 4 is 35.6 Å². The number of carboxylic acid groups (broad SMARTS) is 1. The lowest BCUT2D eigenvalue weighted by Crippen LogP contribution is -2.43. The number of amides is 1. The number of alkyl carbamates (subject to hydrolysis) is 1. The van der Waals surface area contributed by atoms with Gasteiger partial charge >= 0.3 is 12.1 Å². The van der Waals surface area contributed by atoms with Crippen LogP contribution < -0.4 is 5.32 Å². The van der Waals surface area contributed by atoms with E-state index in [1.807, 2.05) is 0 Å². The minimum Gasteiger partial charge on any atom is -0.480 e. The van der Waals surface area contributed by atoms with Crippen LogP contribution in [0.5, 0.6) is 0 Å². The third kappa shape index (κ3) is 10.3. The van der Waals surface area contributed by atoms with Gasteiger partial charge in [0.15, 0.2) is 0 Å². The number of carbonyl (C=O) groups excluding carboxylic acids is 1. The Morgan fingerprint density at radius 3 is 2.36 bits per heavy atom. The standard InChI is InChI=1S/C18H27NO4S2/c1-13-5-7-14(8-6-13)25-12-11-24-10-9-15(16(20)21)19-17(22)23-18(2,3)4/h5-8,15H,9-12H2,1-4H3,(H,19,22)(H,20,21). The number of benzene rings is 1. The summed E-state index contributed by atoms with van der Waals surface area (Å²) in [5, 5.41) is 11.6. The second-order valence-corrected chi connectivity index (χ2v) is 8.99. The van der Waals surface area contributed by atoms with E-state index in [-0.39, 0.29) is 0 Å². The van der Waals surface area contributed by atoms with Gasteiger partial charge in [-0.05, 0) is 52.0 Å². The molecule has 1 amide bonds. The minimum absolute atomic E-state index is 0.369. The van der Waals surface area contributed by atoms with Crippen molar-refractivity contribution in [2.45, 2.75) is 50.7 Å². The molecule has 0 saturated carbocycles. The van der Waals surface area contributed by atoms with Crippen molar-refractivity contribution in [3.8, 4) is 0 Å². The number of nitrogens with one attached hydrogen (secondary N) is 1. The molecule has 1 rings (SSSR count). The predicted molar refractivity (Wildman–Crippen MR) is 105 cm³/mol. The SMILES string of the molecule is Cc1ccc(SCCSCCC(NC(=O)OC(C)(C)C)C(=O)O)cc1. The van der Waals surface area contributed by atoms with Crippen LogP contribution in [0.25, 0.3) is 0 Å². The zero-order chi connectivity index (χ0) is 18.9. The van der Waals surface area contributed by atoms with Crippen LogP contribution in [0.3, 0.4) is 0 Å². The van der Waals surface area contributed by atoms with E-state index >= 15 is 0 Å². The number of rotatable bonds is 9. The fraction of sp³-hybridized carbons (Fsp3) is 0.556. The Hall–Kier alpha value is -1.34. The third-order valence-electron chi connectivity index (χ3n) is 3.06. The summed E-state index contributed by atoms with van der Waals surface area (Å²) in [5.74, 6) is 1.52. The van der Waals surface area contributed by atoms with Gasteiger partial charge in [0.1, 0.15) is 11.6 Å². The molecular weight excluding hydrogens is 358 g/mol. The Kier molecular flexibility index (Phi) is 9.21. The first kappa shape index (κ1) is 21.7. The van der Waals surface area contributed by atoms with E-state index in [4.69, 9.17) is 4.74 Å². The molecule has 25 heavy (non-hydrogen) atoms. The van der Waals surface area contributed by atoms with Crippen molar-refractivity contribution in [3.63, 3.8) is 0 Å². The van der Waals surface area contributed by atoms with E-state index in [9.17, 15) is 14.7 Å². The van der Waals surface area contributed by atoms with Crippen molar-refractivity contribution in [1.82, 2.24) is 5.32 Å². The summed E-state index contributed by atoms with van der Waals surface area (Å²) >= 11 is 3.47. The molecule has 0 saturated heterocycles. The van der Waals surface area contributed by atoms with Crippen molar-refractivity contribution in [3.05, 3.63) is 29.8 Å². The van der Waals surface area contributed by atoms with Crippen LogP contribution in [0, 0.1) is 6.92 Å². The van der Waals surface area contributed by atoms with Crippen LogP contribution in [0.1, 0.15) is 32.8 Å². The molecule has 1 aromatic carbocycles.